The van der Waals surface area contributed by atoms with E-state index in [2.05, 4.69) is 35.2 Å². The number of likely N-dealkylation sites (tertiary alicyclic amines) is 1. The van der Waals surface area contributed by atoms with Crippen molar-refractivity contribution in [3.63, 3.8) is 0 Å². The molecule has 6 nitrogen and oxygen atoms in total. The molecule has 1 fully saturated rings. The van der Waals surface area contributed by atoms with Gasteiger partial charge < -0.3 is 18.7 Å². The lowest BCUT2D eigenvalue weighted by Gasteiger charge is -2.45. The number of hydrogen-bond donors (Lipinski definition) is 0. The molecule has 0 bridgehead atoms. The van der Waals surface area contributed by atoms with Crippen LogP contribution in [-0.4, -0.2) is 44.0 Å². The van der Waals surface area contributed by atoms with E-state index in [0.717, 1.165) is 74.9 Å². The summed E-state index contributed by atoms with van der Waals surface area (Å²) in [5.74, 6) is 2.51. The molecule has 0 N–H and O–H groups in total. The Balaban J connectivity index is 1.51. The summed E-state index contributed by atoms with van der Waals surface area (Å²) in [7, 11) is 3.37. The Morgan fingerprint density at radius 3 is 2.52 bits per heavy atom. The molecule has 146 valence electrons. The van der Waals surface area contributed by atoms with E-state index in [-0.39, 0.29) is 5.60 Å². The van der Waals surface area contributed by atoms with E-state index in [0.29, 0.717) is 0 Å². The van der Waals surface area contributed by atoms with Gasteiger partial charge in [-0.1, -0.05) is 12.1 Å². The second-order valence-electron chi connectivity index (χ2n) is 7.37. The minimum Gasteiger partial charge on any atom is -0.493 e. The zero-order valence-electron chi connectivity index (χ0n) is 16.4. The van der Waals surface area contributed by atoms with Gasteiger partial charge in [0.15, 0.2) is 17.3 Å². The first-order valence-electron chi connectivity index (χ1n) is 9.73. The van der Waals surface area contributed by atoms with Crippen LogP contribution in [0.2, 0.25) is 0 Å². The van der Waals surface area contributed by atoms with Crippen molar-refractivity contribution in [1.29, 1.82) is 0 Å². The Morgan fingerprint density at radius 1 is 1.11 bits per heavy atom. The average Bonchev–Trinajstić information content (AvgIpc) is 3.17. The van der Waals surface area contributed by atoms with Crippen LogP contribution in [-0.2, 0) is 29.7 Å². The van der Waals surface area contributed by atoms with Gasteiger partial charge in [0.2, 0.25) is 0 Å². The van der Waals surface area contributed by atoms with Gasteiger partial charge in [-0.25, -0.2) is 0 Å². The van der Waals surface area contributed by atoms with Crippen molar-refractivity contribution in [1.82, 2.24) is 10.1 Å². The monoisotopic (exact) mass is 372 g/mol. The van der Waals surface area contributed by atoms with E-state index >= 15 is 0 Å². The lowest BCUT2D eigenvalue weighted by molar-refractivity contribution is -0.0996. The van der Waals surface area contributed by atoms with Gasteiger partial charge in [-0.3, -0.25) is 4.90 Å². The third kappa shape index (κ3) is 3.44. The molecule has 0 saturated carbocycles. The highest BCUT2D eigenvalue weighted by Crippen LogP contribution is 2.45. The molecule has 0 aliphatic carbocycles. The minimum atomic E-state index is -0.223. The fraction of sp³-hybridized carbons (Fsp3) is 0.571. The molecular formula is C21H28N2O4. The highest BCUT2D eigenvalue weighted by Gasteiger charge is 2.41. The Labute approximate surface area is 160 Å². The van der Waals surface area contributed by atoms with Gasteiger partial charge in [0.05, 0.1) is 38.7 Å². The van der Waals surface area contributed by atoms with E-state index < -0.39 is 0 Å². The van der Waals surface area contributed by atoms with Crippen molar-refractivity contribution < 1.29 is 18.7 Å². The molecule has 6 heteroatoms. The average molecular weight is 372 g/mol. The number of hydrogen-bond acceptors (Lipinski definition) is 6. The maximum absolute atomic E-state index is 6.37. The first-order valence-corrected chi connectivity index (χ1v) is 9.73. The summed E-state index contributed by atoms with van der Waals surface area (Å²) < 4.78 is 22.8. The summed E-state index contributed by atoms with van der Waals surface area (Å²) in [6, 6.07) is 6.30. The van der Waals surface area contributed by atoms with E-state index in [4.69, 9.17) is 18.7 Å². The topological polar surface area (TPSA) is 57.0 Å². The van der Waals surface area contributed by atoms with Crippen LogP contribution >= 0.6 is 0 Å². The first-order chi connectivity index (χ1) is 13.2. The second-order valence-corrected chi connectivity index (χ2v) is 7.37. The molecule has 1 aromatic heterocycles. The van der Waals surface area contributed by atoms with Crippen LogP contribution in [0.5, 0.6) is 11.5 Å². The molecule has 0 unspecified atom stereocenters. The van der Waals surface area contributed by atoms with Gasteiger partial charge in [-0.05, 0) is 48.9 Å². The lowest BCUT2D eigenvalue weighted by atomic mass is 9.79. The molecule has 1 spiro atoms. The van der Waals surface area contributed by atoms with Crippen LogP contribution in [0.4, 0.5) is 0 Å². The molecule has 0 atom stereocenters. The van der Waals surface area contributed by atoms with Crippen LogP contribution < -0.4 is 9.47 Å². The number of fused-ring (bicyclic) bond motifs is 2. The molecule has 1 aromatic carbocycles. The number of methoxy groups -OCH3 is 2. The molecule has 2 aliphatic rings. The maximum Gasteiger partial charge on any atom is 0.161 e. The molecule has 0 radical (unpaired) electrons. The van der Waals surface area contributed by atoms with Gasteiger partial charge in [0.25, 0.3) is 0 Å². The molecule has 2 aromatic rings. The molecule has 0 amide bonds. The van der Waals surface area contributed by atoms with Crippen molar-refractivity contribution in [3.8, 4) is 11.5 Å². The van der Waals surface area contributed by atoms with Crippen LogP contribution in [0, 0.1) is 0 Å². The van der Waals surface area contributed by atoms with Crippen molar-refractivity contribution in [2.45, 2.75) is 44.8 Å². The van der Waals surface area contributed by atoms with Crippen LogP contribution in [0.15, 0.2) is 22.7 Å². The Morgan fingerprint density at radius 2 is 1.85 bits per heavy atom. The van der Waals surface area contributed by atoms with Crippen LogP contribution in [0.1, 0.15) is 42.3 Å². The van der Waals surface area contributed by atoms with Gasteiger partial charge in [-0.15, -0.1) is 0 Å². The minimum absolute atomic E-state index is 0.223. The van der Waals surface area contributed by atoms with Crippen molar-refractivity contribution >= 4 is 0 Å². The Hall–Kier alpha value is -2.05. The highest BCUT2D eigenvalue weighted by atomic mass is 16.5. The lowest BCUT2D eigenvalue weighted by Crippen LogP contribution is -2.46. The van der Waals surface area contributed by atoms with Crippen LogP contribution in [0.25, 0.3) is 0 Å². The quantitative estimate of drug-likeness (QED) is 0.803. The van der Waals surface area contributed by atoms with Gasteiger partial charge in [0, 0.05) is 19.2 Å². The second kappa shape index (κ2) is 7.52. The fourth-order valence-electron chi connectivity index (χ4n) is 4.29. The van der Waals surface area contributed by atoms with Gasteiger partial charge in [-0.2, -0.15) is 0 Å². The molecule has 3 heterocycles. The SMILES string of the molecule is CCc1cc(CN2CCC3(CC2)OCCc2cc(OC)c(OC)cc23)on1. The standard InChI is InChI=1S/C21H28N2O4/c1-4-16-12-17(27-22-16)14-23-8-6-21(7-9-23)18-13-20(25-3)19(24-2)11-15(18)5-10-26-21/h11-13H,4-10,14H2,1-3H3. The van der Waals surface area contributed by atoms with E-state index in [1.54, 1.807) is 14.2 Å². The summed E-state index contributed by atoms with van der Waals surface area (Å²) in [5, 5.41) is 4.10. The zero-order chi connectivity index (χ0) is 18.9. The summed E-state index contributed by atoms with van der Waals surface area (Å²) in [6.45, 7) is 5.59. The summed E-state index contributed by atoms with van der Waals surface area (Å²) in [5.41, 5.74) is 3.37. The predicted molar refractivity (Wildman–Crippen MR) is 101 cm³/mol. The predicted octanol–water partition coefficient (Wildman–Crippen LogP) is 3.32. The number of nitrogens with zero attached hydrogens (tertiary/aromatic N) is 2. The third-order valence-electron chi connectivity index (χ3n) is 5.86. The molecule has 1 saturated heterocycles. The molecule has 4 rings (SSSR count). The number of ether oxygens (including phenoxy) is 3. The van der Waals surface area contributed by atoms with E-state index in [1.807, 2.05) is 0 Å². The molecular weight excluding hydrogens is 344 g/mol. The van der Waals surface area contributed by atoms with E-state index in [1.165, 1.54) is 11.1 Å². The van der Waals surface area contributed by atoms with Gasteiger partial charge >= 0.3 is 0 Å². The number of rotatable bonds is 5. The molecule has 27 heavy (non-hydrogen) atoms. The van der Waals surface area contributed by atoms with Crippen LogP contribution in [0.3, 0.4) is 0 Å². The van der Waals surface area contributed by atoms with Crippen molar-refractivity contribution in [2.24, 2.45) is 0 Å². The summed E-state index contributed by atoms with van der Waals surface area (Å²) >= 11 is 0. The first kappa shape index (κ1) is 18.3. The van der Waals surface area contributed by atoms with Crippen molar-refractivity contribution in [2.75, 3.05) is 33.9 Å². The van der Waals surface area contributed by atoms with Gasteiger partial charge in [0.1, 0.15) is 0 Å². The van der Waals surface area contributed by atoms with E-state index in [9.17, 15) is 0 Å². The summed E-state index contributed by atoms with van der Waals surface area (Å²) in [6.07, 6.45) is 3.75. The highest BCUT2D eigenvalue weighted by molar-refractivity contribution is 5.50. The number of benzene rings is 1. The zero-order valence-corrected chi connectivity index (χ0v) is 16.4. The normalized spacial score (nSPS) is 19.1. The fourth-order valence-corrected chi connectivity index (χ4v) is 4.29. The Kier molecular flexibility index (Phi) is 5.10. The largest absolute Gasteiger partial charge is 0.493 e. The summed E-state index contributed by atoms with van der Waals surface area (Å²) in [4.78, 5) is 2.42. The van der Waals surface area contributed by atoms with Crippen molar-refractivity contribution in [3.05, 3.63) is 40.8 Å². The molecule has 2 aliphatic heterocycles. The Bertz CT molecular complexity index is 793. The smallest absolute Gasteiger partial charge is 0.161 e. The number of aryl methyl sites for hydroxylation is 1. The maximum atomic E-state index is 6.37. The number of aromatic nitrogens is 1. The third-order valence-corrected chi connectivity index (χ3v) is 5.86. The number of piperidine rings is 1.